The van der Waals surface area contributed by atoms with Crippen LogP contribution in [0.5, 0.6) is 0 Å². The van der Waals surface area contributed by atoms with E-state index in [0.29, 0.717) is 22.2 Å². The van der Waals surface area contributed by atoms with Gasteiger partial charge in [0.15, 0.2) is 11.4 Å². The molecule has 0 saturated heterocycles. The summed E-state index contributed by atoms with van der Waals surface area (Å²) in [6.07, 6.45) is 0. The fourth-order valence-electron chi connectivity index (χ4n) is 2.08. The zero-order chi connectivity index (χ0) is 15.1. The summed E-state index contributed by atoms with van der Waals surface area (Å²) in [4.78, 5) is 23.8. The molecule has 21 heavy (non-hydrogen) atoms. The molecule has 0 N–H and O–H groups in total. The zero-order valence-corrected chi connectivity index (χ0v) is 12.5. The number of aromatic nitrogens is 1. The van der Waals surface area contributed by atoms with Crippen molar-refractivity contribution in [3.63, 3.8) is 0 Å². The number of carbonyl (C=O) groups is 1. The second-order valence-electron chi connectivity index (χ2n) is 4.57. The van der Waals surface area contributed by atoms with E-state index in [1.54, 1.807) is 19.2 Å². The predicted molar refractivity (Wildman–Crippen MR) is 79.0 cm³/mol. The molecular weight excluding hydrogens is 341 g/mol. The van der Waals surface area contributed by atoms with Gasteiger partial charge in [-0.25, -0.2) is 9.18 Å². The summed E-state index contributed by atoms with van der Waals surface area (Å²) in [5, 5.41) is 0. The van der Waals surface area contributed by atoms with Gasteiger partial charge in [0.05, 0.1) is 9.99 Å². The molecule has 0 aliphatic carbocycles. The van der Waals surface area contributed by atoms with Gasteiger partial charge >= 0.3 is 5.76 Å². The summed E-state index contributed by atoms with van der Waals surface area (Å²) in [5.74, 6) is -1.20. The monoisotopic (exact) mass is 349 g/mol. The highest BCUT2D eigenvalue weighted by molar-refractivity contribution is 9.10. The van der Waals surface area contributed by atoms with E-state index in [2.05, 4.69) is 15.9 Å². The molecule has 0 fully saturated rings. The van der Waals surface area contributed by atoms with Crippen molar-refractivity contribution >= 4 is 32.8 Å². The smallest absolute Gasteiger partial charge is 0.408 e. The van der Waals surface area contributed by atoms with Gasteiger partial charge in [-0.3, -0.25) is 9.36 Å². The summed E-state index contributed by atoms with van der Waals surface area (Å²) < 4.78 is 19.8. The van der Waals surface area contributed by atoms with Crippen LogP contribution in [0.15, 0.2) is 50.1 Å². The second kappa shape index (κ2) is 4.96. The van der Waals surface area contributed by atoms with Gasteiger partial charge in [0.25, 0.3) is 0 Å². The third-order valence-corrected chi connectivity index (χ3v) is 3.84. The number of nitrogens with zero attached hydrogens (tertiary/aromatic N) is 1. The molecule has 0 saturated carbocycles. The first-order chi connectivity index (χ1) is 9.97. The van der Waals surface area contributed by atoms with Crippen LogP contribution in [0.3, 0.4) is 0 Å². The van der Waals surface area contributed by atoms with Crippen LogP contribution in [0.4, 0.5) is 4.39 Å². The van der Waals surface area contributed by atoms with Crippen molar-refractivity contribution in [2.75, 3.05) is 0 Å². The van der Waals surface area contributed by atoms with Crippen molar-refractivity contribution in [2.45, 2.75) is 0 Å². The molecule has 1 aromatic heterocycles. The van der Waals surface area contributed by atoms with E-state index in [9.17, 15) is 14.0 Å². The molecule has 6 heteroatoms. The lowest BCUT2D eigenvalue weighted by atomic mass is 10.0. The Bertz CT molecular complexity index is 926. The Balaban J connectivity index is 2.09. The number of benzene rings is 2. The molecule has 4 nitrogen and oxygen atoms in total. The minimum absolute atomic E-state index is 0.223. The van der Waals surface area contributed by atoms with E-state index < -0.39 is 11.6 Å². The number of oxazole rings is 1. The number of aryl methyl sites for hydroxylation is 1. The molecule has 3 rings (SSSR count). The summed E-state index contributed by atoms with van der Waals surface area (Å²) in [5.41, 5.74) is 1.67. The predicted octanol–water partition coefficient (Wildman–Crippen LogP) is 3.26. The van der Waals surface area contributed by atoms with Gasteiger partial charge in [-0.2, -0.15) is 0 Å². The van der Waals surface area contributed by atoms with Gasteiger partial charge in [-0.1, -0.05) is 0 Å². The summed E-state index contributed by atoms with van der Waals surface area (Å²) >= 11 is 3.05. The van der Waals surface area contributed by atoms with E-state index in [1.165, 1.54) is 28.8 Å². The van der Waals surface area contributed by atoms with Crippen molar-refractivity contribution in [2.24, 2.45) is 7.05 Å². The van der Waals surface area contributed by atoms with E-state index >= 15 is 0 Å². The first-order valence-corrected chi connectivity index (χ1v) is 6.86. The molecule has 0 aliphatic rings. The maximum atomic E-state index is 13.2. The fraction of sp³-hybridized carbons (Fsp3) is 0.0667. The first-order valence-electron chi connectivity index (χ1n) is 6.06. The second-order valence-corrected chi connectivity index (χ2v) is 5.42. The molecule has 0 radical (unpaired) electrons. The lowest BCUT2D eigenvalue weighted by molar-refractivity contribution is 0.103. The molecule has 0 aliphatic heterocycles. The van der Waals surface area contributed by atoms with Crippen LogP contribution in [-0.4, -0.2) is 10.4 Å². The Morgan fingerprint density at radius 2 is 1.86 bits per heavy atom. The molecule has 106 valence electrons. The molecule has 0 unspecified atom stereocenters. The Kier molecular flexibility index (Phi) is 3.25. The van der Waals surface area contributed by atoms with Gasteiger partial charge in [-0.05, 0) is 52.3 Å². The molecule has 0 spiro atoms. The Morgan fingerprint density at radius 1 is 1.19 bits per heavy atom. The number of ketones is 1. The topological polar surface area (TPSA) is 52.2 Å². The first kappa shape index (κ1) is 13.8. The van der Waals surface area contributed by atoms with Gasteiger partial charge in [0.1, 0.15) is 5.82 Å². The van der Waals surface area contributed by atoms with Crippen LogP contribution >= 0.6 is 15.9 Å². The highest BCUT2D eigenvalue weighted by Crippen LogP contribution is 2.21. The van der Waals surface area contributed by atoms with Crippen molar-refractivity contribution in [1.82, 2.24) is 4.57 Å². The Labute approximate surface area is 126 Å². The number of hydrogen-bond acceptors (Lipinski definition) is 3. The molecule has 0 amide bonds. The Morgan fingerprint density at radius 3 is 2.57 bits per heavy atom. The summed E-state index contributed by atoms with van der Waals surface area (Å²) in [7, 11) is 1.59. The minimum atomic E-state index is -0.487. The molecule has 2 aromatic carbocycles. The van der Waals surface area contributed by atoms with Crippen LogP contribution in [0.2, 0.25) is 0 Å². The van der Waals surface area contributed by atoms with Gasteiger partial charge in [0, 0.05) is 18.2 Å². The van der Waals surface area contributed by atoms with Crippen molar-refractivity contribution in [3.05, 3.63) is 68.4 Å². The maximum absolute atomic E-state index is 13.2. The van der Waals surface area contributed by atoms with Crippen LogP contribution < -0.4 is 5.76 Å². The molecule has 1 heterocycles. The number of halogens is 2. The average Bonchev–Trinajstić information content (AvgIpc) is 2.76. The molecule has 0 bridgehead atoms. The SMILES string of the molecule is Cn1c(=O)oc2cc(C(=O)c3ccc(F)c(Br)c3)ccc21. The highest BCUT2D eigenvalue weighted by atomic mass is 79.9. The average molecular weight is 350 g/mol. The molecular formula is C15H9BrFNO3. The number of hydrogen-bond donors (Lipinski definition) is 0. The lowest BCUT2D eigenvalue weighted by Gasteiger charge is -2.03. The highest BCUT2D eigenvalue weighted by Gasteiger charge is 2.14. The van der Waals surface area contributed by atoms with Crippen molar-refractivity contribution in [3.8, 4) is 0 Å². The van der Waals surface area contributed by atoms with Crippen LogP contribution in [0.1, 0.15) is 15.9 Å². The van der Waals surface area contributed by atoms with Crippen LogP contribution in [0, 0.1) is 5.82 Å². The number of rotatable bonds is 2. The van der Waals surface area contributed by atoms with E-state index in [1.807, 2.05) is 0 Å². The van der Waals surface area contributed by atoms with Crippen LogP contribution in [0.25, 0.3) is 11.1 Å². The van der Waals surface area contributed by atoms with Crippen LogP contribution in [-0.2, 0) is 7.05 Å². The molecule has 3 aromatic rings. The molecule has 0 atom stereocenters. The quantitative estimate of drug-likeness (QED) is 0.667. The number of fused-ring (bicyclic) bond motifs is 1. The Hall–Kier alpha value is -2.21. The fourth-order valence-corrected chi connectivity index (χ4v) is 2.46. The zero-order valence-electron chi connectivity index (χ0n) is 10.9. The van der Waals surface area contributed by atoms with Gasteiger partial charge in [0.2, 0.25) is 0 Å². The largest absolute Gasteiger partial charge is 0.419 e. The van der Waals surface area contributed by atoms with E-state index in [-0.39, 0.29) is 10.3 Å². The van der Waals surface area contributed by atoms with Gasteiger partial charge in [-0.15, -0.1) is 0 Å². The summed E-state index contributed by atoms with van der Waals surface area (Å²) in [6.45, 7) is 0. The van der Waals surface area contributed by atoms with Gasteiger partial charge < -0.3 is 4.42 Å². The standard InChI is InChI=1S/C15H9BrFNO3/c1-18-12-5-3-9(7-13(12)21-15(18)20)14(19)8-2-4-11(17)10(16)6-8/h2-7H,1H3. The third kappa shape index (κ3) is 2.31. The van der Waals surface area contributed by atoms with E-state index in [4.69, 9.17) is 4.42 Å². The third-order valence-electron chi connectivity index (χ3n) is 3.24. The number of carbonyl (C=O) groups excluding carboxylic acids is 1. The minimum Gasteiger partial charge on any atom is -0.408 e. The van der Waals surface area contributed by atoms with Crippen molar-refractivity contribution in [1.29, 1.82) is 0 Å². The lowest BCUT2D eigenvalue weighted by Crippen LogP contribution is -2.08. The van der Waals surface area contributed by atoms with Crippen molar-refractivity contribution < 1.29 is 13.6 Å². The van der Waals surface area contributed by atoms with E-state index in [0.717, 1.165) is 0 Å². The maximum Gasteiger partial charge on any atom is 0.419 e. The summed E-state index contributed by atoms with van der Waals surface area (Å²) in [6, 6.07) is 8.81. The normalized spacial score (nSPS) is 11.0.